The molecule has 3 N–H and O–H groups in total. The van der Waals surface area contributed by atoms with Gasteiger partial charge >= 0.3 is 0 Å². The zero-order valence-electron chi connectivity index (χ0n) is 19.1. The number of aryl methyl sites for hydroxylation is 2. The van der Waals surface area contributed by atoms with E-state index < -0.39 is 0 Å². The number of aromatic amines is 1. The number of thiazole rings is 1. The fourth-order valence-corrected chi connectivity index (χ4v) is 7.98. The molecule has 0 radical (unpaired) electrons. The van der Waals surface area contributed by atoms with Gasteiger partial charge < -0.3 is 10.4 Å². The summed E-state index contributed by atoms with van der Waals surface area (Å²) in [5.74, 6) is 2.35. The number of hydrogen-bond donors (Lipinski definition) is 3. The van der Waals surface area contributed by atoms with E-state index >= 15 is 0 Å². The van der Waals surface area contributed by atoms with E-state index in [-0.39, 0.29) is 11.3 Å². The van der Waals surface area contributed by atoms with Gasteiger partial charge in [-0.3, -0.25) is 9.89 Å². The molecule has 3 aromatic rings. The molecule has 2 heterocycles. The summed E-state index contributed by atoms with van der Waals surface area (Å²) in [7, 11) is 0. The minimum atomic E-state index is 0.0415. The van der Waals surface area contributed by atoms with Gasteiger partial charge in [-0.1, -0.05) is 13.0 Å². The van der Waals surface area contributed by atoms with Crippen molar-refractivity contribution < 1.29 is 9.90 Å². The standard InChI is InChI=1S/C26H30N4O2S/c1-14-12-27-25(33-14)29-22(32)8-7-20-21-13-28-30-24(21)26(2)10-9-18-17-6-4-16(31)11-15(17)3-5-19(18)23(20)26/h4,6,11-13,18-20,23,31H,3,5,7-10H2,1-2H3,(H,28,30)(H,27,29,32). The number of phenols is 1. The van der Waals surface area contributed by atoms with Crippen molar-refractivity contribution >= 4 is 22.4 Å². The lowest BCUT2D eigenvalue weighted by molar-refractivity contribution is -0.116. The number of phenolic OH excluding ortho intramolecular Hbond substituents is 1. The van der Waals surface area contributed by atoms with Crippen molar-refractivity contribution in [2.24, 2.45) is 11.8 Å². The molecule has 0 bridgehead atoms. The smallest absolute Gasteiger partial charge is 0.226 e. The van der Waals surface area contributed by atoms with Gasteiger partial charge in [0, 0.05) is 28.6 Å². The van der Waals surface area contributed by atoms with Gasteiger partial charge in [-0.25, -0.2) is 4.98 Å². The minimum Gasteiger partial charge on any atom is -0.508 e. The number of fused-ring (bicyclic) bond motifs is 7. The predicted molar refractivity (Wildman–Crippen MR) is 129 cm³/mol. The van der Waals surface area contributed by atoms with Crippen LogP contribution in [0.25, 0.3) is 0 Å². The summed E-state index contributed by atoms with van der Waals surface area (Å²) in [4.78, 5) is 18.1. The maximum Gasteiger partial charge on any atom is 0.226 e. The molecule has 0 saturated heterocycles. The largest absolute Gasteiger partial charge is 0.508 e. The number of aromatic nitrogens is 3. The molecule has 1 aromatic carbocycles. The molecule has 1 saturated carbocycles. The lowest BCUT2D eigenvalue weighted by atomic mass is 9.53. The molecule has 1 fully saturated rings. The van der Waals surface area contributed by atoms with Crippen molar-refractivity contribution in [1.29, 1.82) is 0 Å². The number of carbonyl (C=O) groups is 1. The van der Waals surface area contributed by atoms with E-state index in [1.54, 1.807) is 6.20 Å². The first-order chi connectivity index (χ1) is 15.9. The fourth-order valence-electron chi connectivity index (χ4n) is 7.30. The molecule has 3 aliphatic rings. The third-order valence-electron chi connectivity index (χ3n) is 8.58. The van der Waals surface area contributed by atoms with E-state index in [4.69, 9.17) is 0 Å². The molecule has 6 nitrogen and oxygen atoms in total. The van der Waals surface area contributed by atoms with Gasteiger partial charge in [0.25, 0.3) is 0 Å². The Labute approximate surface area is 197 Å². The van der Waals surface area contributed by atoms with Crippen LogP contribution in [-0.4, -0.2) is 26.2 Å². The Morgan fingerprint density at radius 1 is 1.30 bits per heavy atom. The number of hydrogen-bond acceptors (Lipinski definition) is 5. The van der Waals surface area contributed by atoms with Gasteiger partial charge in [0.1, 0.15) is 5.75 Å². The third kappa shape index (κ3) is 3.31. The summed E-state index contributed by atoms with van der Waals surface area (Å²) < 4.78 is 0. The Hall–Kier alpha value is -2.67. The van der Waals surface area contributed by atoms with Crippen molar-refractivity contribution in [2.45, 2.75) is 69.6 Å². The number of benzene rings is 1. The van der Waals surface area contributed by atoms with Crippen LogP contribution in [0.2, 0.25) is 0 Å². The maximum absolute atomic E-state index is 12.8. The van der Waals surface area contributed by atoms with E-state index in [2.05, 4.69) is 33.5 Å². The highest BCUT2D eigenvalue weighted by atomic mass is 32.1. The molecule has 6 rings (SSSR count). The molecule has 3 aliphatic carbocycles. The van der Waals surface area contributed by atoms with Crippen LogP contribution in [0.4, 0.5) is 5.13 Å². The first-order valence-electron chi connectivity index (χ1n) is 12.0. The molecular formula is C26H30N4O2S. The summed E-state index contributed by atoms with van der Waals surface area (Å²) in [5.41, 5.74) is 5.43. The molecular weight excluding hydrogens is 432 g/mol. The lowest BCUT2D eigenvalue weighted by Crippen LogP contribution is -2.44. The van der Waals surface area contributed by atoms with Crippen molar-refractivity contribution in [3.8, 4) is 5.75 Å². The summed E-state index contributed by atoms with van der Waals surface area (Å²) in [6.45, 7) is 4.41. The molecule has 2 aromatic heterocycles. The third-order valence-corrected chi connectivity index (χ3v) is 9.41. The average molecular weight is 463 g/mol. The highest BCUT2D eigenvalue weighted by Crippen LogP contribution is 2.64. The molecule has 33 heavy (non-hydrogen) atoms. The summed E-state index contributed by atoms with van der Waals surface area (Å²) >= 11 is 1.52. The molecule has 172 valence electrons. The minimum absolute atomic E-state index is 0.0415. The van der Waals surface area contributed by atoms with E-state index in [0.29, 0.717) is 41.0 Å². The summed E-state index contributed by atoms with van der Waals surface area (Å²) in [6, 6.07) is 5.96. The van der Waals surface area contributed by atoms with Crippen LogP contribution in [0.15, 0.2) is 30.6 Å². The fraction of sp³-hybridized carbons (Fsp3) is 0.500. The number of rotatable bonds is 4. The molecule has 0 aliphatic heterocycles. The normalized spacial score (nSPS) is 29.6. The SMILES string of the molecule is Cc1cnc(NC(=O)CCC2c3cn[nH]c3C3(C)CCC4c5ccc(O)cc5CCC4C23)s1. The second kappa shape index (κ2) is 7.69. The van der Waals surface area contributed by atoms with Gasteiger partial charge in [-0.15, -0.1) is 11.3 Å². The van der Waals surface area contributed by atoms with E-state index in [0.717, 1.165) is 37.0 Å². The van der Waals surface area contributed by atoms with Crippen LogP contribution in [0.1, 0.15) is 78.1 Å². The number of anilines is 1. The summed E-state index contributed by atoms with van der Waals surface area (Å²) in [5, 5.41) is 21.4. The summed E-state index contributed by atoms with van der Waals surface area (Å²) in [6.07, 6.45) is 9.55. The van der Waals surface area contributed by atoms with Crippen LogP contribution in [-0.2, 0) is 16.6 Å². The number of nitrogens with one attached hydrogen (secondary N) is 2. The Morgan fingerprint density at radius 3 is 3.00 bits per heavy atom. The molecule has 0 spiro atoms. The van der Waals surface area contributed by atoms with Crippen molar-refractivity contribution in [3.63, 3.8) is 0 Å². The average Bonchev–Trinajstić information content (AvgIpc) is 3.48. The second-order valence-electron chi connectivity index (χ2n) is 10.3. The van der Waals surface area contributed by atoms with Gasteiger partial charge in [-0.2, -0.15) is 5.10 Å². The van der Waals surface area contributed by atoms with Gasteiger partial charge in [-0.05, 0) is 91.5 Å². The number of nitrogens with zero attached hydrogens (tertiary/aromatic N) is 2. The molecule has 1 amide bonds. The topological polar surface area (TPSA) is 90.9 Å². The molecule has 5 unspecified atom stereocenters. The zero-order valence-corrected chi connectivity index (χ0v) is 19.9. The maximum atomic E-state index is 12.8. The predicted octanol–water partition coefficient (Wildman–Crippen LogP) is 5.41. The van der Waals surface area contributed by atoms with Crippen molar-refractivity contribution in [1.82, 2.24) is 15.2 Å². The lowest BCUT2D eigenvalue weighted by Gasteiger charge is -2.50. The number of carbonyl (C=O) groups excluding carboxylic acids is 1. The second-order valence-corrected chi connectivity index (χ2v) is 11.6. The Morgan fingerprint density at radius 2 is 2.18 bits per heavy atom. The first kappa shape index (κ1) is 20.9. The highest BCUT2D eigenvalue weighted by molar-refractivity contribution is 7.15. The Balaban J connectivity index is 1.27. The van der Waals surface area contributed by atoms with Crippen LogP contribution in [0.3, 0.4) is 0 Å². The van der Waals surface area contributed by atoms with E-state index in [1.807, 2.05) is 25.3 Å². The van der Waals surface area contributed by atoms with Crippen LogP contribution in [0, 0.1) is 18.8 Å². The van der Waals surface area contributed by atoms with Crippen LogP contribution in [0.5, 0.6) is 5.75 Å². The monoisotopic (exact) mass is 462 g/mol. The van der Waals surface area contributed by atoms with Gasteiger partial charge in [0.15, 0.2) is 5.13 Å². The Bertz CT molecular complexity index is 1220. The Kier molecular flexibility index (Phi) is 4.87. The van der Waals surface area contributed by atoms with Crippen molar-refractivity contribution in [3.05, 3.63) is 57.9 Å². The quantitative estimate of drug-likeness (QED) is 0.483. The van der Waals surface area contributed by atoms with E-state index in [1.165, 1.54) is 33.7 Å². The molecule has 5 atom stereocenters. The van der Waals surface area contributed by atoms with Gasteiger partial charge in [0.2, 0.25) is 5.91 Å². The number of amides is 1. The van der Waals surface area contributed by atoms with E-state index in [9.17, 15) is 9.90 Å². The van der Waals surface area contributed by atoms with Crippen LogP contribution >= 0.6 is 11.3 Å². The molecule has 7 heteroatoms. The first-order valence-corrected chi connectivity index (χ1v) is 12.8. The van der Waals surface area contributed by atoms with Crippen LogP contribution < -0.4 is 5.32 Å². The van der Waals surface area contributed by atoms with Crippen molar-refractivity contribution in [2.75, 3.05) is 5.32 Å². The number of H-pyrrole nitrogens is 1. The highest BCUT2D eigenvalue weighted by Gasteiger charge is 2.57. The number of aromatic hydroxyl groups is 1. The van der Waals surface area contributed by atoms with Gasteiger partial charge in [0.05, 0.1) is 6.20 Å². The zero-order chi connectivity index (χ0) is 22.7.